The van der Waals surface area contributed by atoms with Gasteiger partial charge in [-0.2, -0.15) is 0 Å². The van der Waals surface area contributed by atoms with E-state index in [0.29, 0.717) is 17.2 Å². The van der Waals surface area contributed by atoms with Crippen molar-refractivity contribution < 1.29 is 4.79 Å². The number of nitrogens with zero attached hydrogens (tertiary/aromatic N) is 1. The molecule has 25 heavy (non-hydrogen) atoms. The predicted molar refractivity (Wildman–Crippen MR) is 108 cm³/mol. The Labute approximate surface area is 160 Å². The number of anilines is 1. The van der Waals surface area contributed by atoms with Crippen LogP contribution in [-0.4, -0.2) is 16.6 Å². The van der Waals surface area contributed by atoms with E-state index in [1.807, 2.05) is 60.8 Å². The molecule has 1 heterocycles. The van der Waals surface area contributed by atoms with Gasteiger partial charge in [0.1, 0.15) is 0 Å². The third-order valence-corrected chi connectivity index (χ3v) is 5.87. The second-order valence-electron chi connectivity index (χ2n) is 5.47. The maximum absolute atomic E-state index is 12.1. The van der Waals surface area contributed by atoms with Gasteiger partial charge in [0.05, 0.1) is 5.69 Å². The first-order chi connectivity index (χ1) is 12.1. The van der Waals surface area contributed by atoms with Gasteiger partial charge in [0.15, 0.2) is 4.34 Å². The fraction of sp³-hybridized carbons (Fsp3) is 0.158. The summed E-state index contributed by atoms with van der Waals surface area (Å²) in [5, 5.41) is 5.69. The molecule has 0 bridgehead atoms. The fourth-order valence-corrected chi connectivity index (χ4v) is 4.20. The lowest BCUT2D eigenvalue weighted by molar-refractivity contribution is -0.115. The Kier molecular flexibility index (Phi) is 6.13. The van der Waals surface area contributed by atoms with Gasteiger partial charge >= 0.3 is 0 Å². The Hall–Kier alpha value is -1.82. The lowest BCUT2D eigenvalue weighted by atomic mass is 10.2. The van der Waals surface area contributed by atoms with Crippen LogP contribution in [0.4, 0.5) is 5.69 Å². The van der Waals surface area contributed by atoms with Gasteiger partial charge in [-0.05, 0) is 30.7 Å². The zero-order valence-electron chi connectivity index (χ0n) is 13.7. The standard InChI is InChI=1S/C19H17ClN2OS2/c1-13-4-2-3-5-16(13)21-18(23)10-11-24-19-22-17(12-25-19)14-6-8-15(20)9-7-14/h2-9,12H,10-11H2,1H3,(H,21,23). The molecule has 0 aliphatic carbocycles. The monoisotopic (exact) mass is 388 g/mol. The number of aryl methyl sites for hydroxylation is 1. The number of hydrogen-bond acceptors (Lipinski definition) is 4. The van der Waals surface area contributed by atoms with E-state index in [-0.39, 0.29) is 5.91 Å². The van der Waals surface area contributed by atoms with Gasteiger partial charge in [-0.15, -0.1) is 11.3 Å². The quantitative estimate of drug-likeness (QED) is 0.535. The molecule has 3 aromatic rings. The molecular weight excluding hydrogens is 372 g/mol. The second-order valence-corrected chi connectivity index (χ2v) is 8.10. The Morgan fingerprint density at radius 1 is 1.20 bits per heavy atom. The third kappa shape index (κ3) is 5.08. The maximum atomic E-state index is 12.1. The molecule has 2 aromatic carbocycles. The van der Waals surface area contributed by atoms with Crippen LogP contribution in [0.2, 0.25) is 5.02 Å². The van der Waals surface area contributed by atoms with Crippen molar-refractivity contribution in [2.24, 2.45) is 0 Å². The third-order valence-electron chi connectivity index (χ3n) is 3.60. The molecule has 128 valence electrons. The molecule has 0 aliphatic rings. The number of rotatable bonds is 6. The van der Waals surface area contributed by atoms with E-state index in [0.717, 1.165) is 26.8 Å². The molecule has 0 unspecified atom stereocenters. The van der Waals surface area contributed by atoms with Crippen LogP contribution in [0.15, 0.2) is 58.3 Å². The van der Waals surface area contributed by atoms with E-state index in [4.69, 9.17) is 11.6 Å². The highest BCUT2D eigenvalue weighted by molar-refractivity contribution is 8.01. The van der Waals surface area contributed by atoms with E-state index >= 15 is 0 Å². The van der Waals surface area contributed by atoms with Gasteiger partial charge in [0.2, 0.25) is 5.91 Å². The van der Waals surface area contributed by atoms with Gasteiger partial charge in [0.25, 0.3) is 0 Å². The smallest absolute Gasteiger partial charge is 0.225 e. The number of amides is 1. The molecule has 6 heteroatoms. The minimum atomic E-state index is 0.0243. The molecule has 1 amide bonds. The topological polar surface area (TPSA) is 42.0 Å². The van der Waals surface area contributed by atoms with Crippen LogP contribution >= 0.6 is 34.7 Å². The average molecular weight is 389 g/mol. The van der Waals surface area contributed by atoms with E-state index in [9.17, 15) is 4.79 Å². The Balaban J connectivity index is 1.50. The summed E-state index contributed by atoms with van der Waals surface area (Å²) in [7, 11) is 0. The van der Waals surface area contributed by atoms with Crippen LogP contribution < -0.4 is 5.32 Å². The molecule has 0 saturated carbocycles. The van der Waals surface area contributed by atoms with Crippen molar-refractivity contribution in [3.63, 3.8) is 0 Å². The molecule has 3 rings (SSSR count). The number of benzene rings is 2. The zero-order chi connectivity index (χ0) is 17.6. The predicted octanol–water partition coefficient (Wildman–Crippen LogP) is 5.89. The average Bonchev–Trinajstić information content (AvgIpc) is 3.06. The van der Waals surface area contributed by atoms with Gasteiger partial charge in [-0.25, -0.2) is 4.98 Å². The van der Waals surface area contributed by atoms with Crippen molar-refractivity contribution in [2.75, 3.05) is 11.1 Å². The first kappa shape index (κ1) is 18.0. The number of hydrogen-bond donors (Lipinski definition) is 1. The molecule has 0 atom stereocenters. The number of thiazole rings is 1. The normalized spacial score (nSPS) is 10.6. The molecule has 0 saturated heterocycles. The van der Waals surface area contributed by atoms with E-state index in [1.165, 1.54) is 0 Å². The molecule has 0 spiro atoms. The van der Waals surface area contributed by atoms with Crippen LogP contribution in [0.3, 0.4) is 0 Å². The highest BCUT2D eigenvalue weighted by Gasteiger charge is 2.08. The Bertz CT molecular complexity index is 862. The maximum Gasteiger partial charge on any atom is 0.225 e. The summed E-state index contributed by atoms with van der Waals surface area (Å²) >= 11 is 9.11. The summed E-state index contributed by atoms with van der Waals surface area (Å²) in [6.07, 6.45) is 0.453. The number of thioether (sulfide) groups is 1. The van der Waals surface area contributed by atoms with Crippen molar-refractivity contribution in [1.29, 1.82) is 0 Å². The van der Waals surface area contributed by atoms with Crippen LogP contribution in [0.5, 0.6) is 0 Å². The molecule has 0 aliphatic heterocycles. The van der Waals surface area contributed by atoms with Gasteiger partial charge in [-0.1, -0.05) is 53.7 Å². The first-order valence-corrected chi connectivity index (χ1v) is 10.1. The van der Waals surface area contributed by atoms with Crippen molar-refractivity contribution in [2.45, 2.75) is 17.7 Å². The van der Waals surface area contributed by atoms with Crippen LogP contribution in [0, 0.1) is 6.92 Å². The van der Waals surface area contributed by atoms with Crippen molar-refractivity contribution >= 4 is 46.3 Å². The number of nitrogens with one attached hydrogen (secondary N) is 1. The summed E-state index contributed by atoms with van der Waals surface area (Å²) in [5.41, 5.74) is 3.92. The molecule has 3 nitrogen and oxygen atoms in total. The zero-order valence-corrected chi connectivity index (χ0v) is 16.0. The van der Waals surface area contributed by atoms with E-state index in [2.05, 4.69) is 10.3 Å². The van der Waals surface area contributed by atoms with Crippen LogP contribution in [0.1, 0.15) is 12.0 Å². The summed E-state index contributed by atoms with van der Waals surface area (Å²) in [5.74, 6) is 0.724. The first-order valence-electron chi connectivity index (χ1n) is 7.81. The summed E-state index contributed by atoms with van der Waals surface area (Å²) < 4.78 is 0.966. The lowest BCUT2D eigenvalue weighted by Crippen LogP contribution is -2.12. The SMILES string of the molecule is Cc1ccccc1NC(=O)CCSc1nc(-c2ccc(Cl)cc2)cs1. The van der Waals surface area contributed by atoms with Crippen molar-refractivity contribution in [1.82, 2.24) is 4.98 Å². The van der Waals surface area contributed by atoms with Gasteiger partial charge < -0.3 is 5.32 Å². The Morgan fingerprint density at radius 2 is 1.96 bits per heavy atom. The van der Waals surface area contributed by atoms with Crippen LogP contribution in [0.25, 0.3) is 11.3 Å². The lowest BCUT2D eigenvalue weighted by Gasteiger charge is -2.07. The minimum Gasteiger partial charge on any atom is -0.326 e. The fourth-order valence-electron chi connectivity index (χ4n) is 2.23. The molecular formula is C19H17ClN2OS2. The number of para-hydroxylation sites is 1. The van der Waals surface area contributed by atoms with Crippen molar-refractivity contribution in [3.8, 4) is 11.3 Å². The number of carbonyl (C=O) groups excluding carboxylic acids is 1. The van der Waals surface area contributed by atoms with Crippen molar-refractivity contribution in [3.05, 3.63) is 64.5 Å². The largest absolute Gasteiger partial charge is 0.326 e. The summed E-state index contributed by atoms with van der Waals surface area (Å²) in [6, 6.07) is 15.4. The molecule has 1 aromatic heterocycles. The van der Waals surface area contributed by atoms with Crippen LogP contribution in [-0.2, 0) is 4.79 Å². The van der Waals surface area contributed by atoms with Gasteiger partial charge in [-0.3, -0.25) is 4.79 Å². The highest BCUT2D eigenvalue weighted by Crippen LogP contribution is 2.29. The molecule has 0 radical (unpaired) electrons. The Morgan fingerprint density at radius 3 is 2.72 bits per heavy atom. The second kappa shape index (κ2) is 8.52. The van der Waals surface area contributed by atoms with Gasteiger partial charge in [0, 0.05) is 33.8 Å². The number of halogens is 1. The number of carbonyl (C=O) groups is 1. The molecule has 0 fully saturated rings. The highest BCUT2D eigenvalue weighted by atomic mass is 35.5. The summed E-state index contributed by atoms with van der Waals surface area (Å²) in [6.45, 7) is 1.98. The van der Waals surface area contributed by atoms with E-state index < -0.39 is 0 Å². The number of aromatic nitrogens is 1. The van der Waals surface area contributed by atoms with E-state index in [1.54, 1.807) is 23.1 Å². The minimum absolute atomic E-state index is 0.0243. The molecule has 1 N–H and O–H groups in total. The summed E-state index contributed by atoms with van der Waals surface area (Å²) in [4.78, 5) is 16.7.